The summed E-state index contributed by atoms with van der Waals surface area (Å²) in [6.07, 6.45) is 0. The van der Waals surface area contributed by atoms with Crippen molar-refractivity contribution in [3.63, 3.8) is 0 Å². The summed E-state index contributed by atoms with van der Waals surface area (Å²) < 4.78 is 2.57. The first-order valence-corrected chi connectivity index (χ1v) is 11.5. The van der Waals surface area contributed by atoms with Gasteiger partial charge in [0, 0.05) is 12.1 Å². The molecule has 1 aromatic rings. The maximum absolute atomic E-state index is 2.57. The van der Waals surface area contributed by atoms with Crippen LogP contribution in [0.15, 0.2) is 30.3 Å². The molecule has 0 aliphatic rings. The molecule has 0 aliphatic heterocycles. The first kappa shape index (κ1) is 16.6. The third-order valence-corrected chi connectivity index (χ3v) is 8.67. The Morgan fingerprint density at radius 3 is 1.79 bits per heavy atom. The zero-order chi connectivity index (χ0) is 14.6. The van der Waals surface area contributed by atoms with Crippen molar-refractivity contribution in [2.75, 3.05) is 0 Å². The van der Waals surface area contributed by atoms with Gasteiger partial charge < -0.3 is 0 Å². The fourth-order valence-electron chi connectivity index (χ4n) is 2.18. The van der Waals surface area contributed by atoms with Gasteiger partial charge in [0.05, 0.1) is 8.07 Å². The third kappa shape index (κ3) is 4.87. The average molecular weight is 293 g/mol. The van der Waals surface area contributed by atoms with Crippen molar-refractivity contribution in [3.05, 3.63) is 35.9 Å². The summed E-state index contributed by atoms with van der Waals surface area (Å²) in [7, 11) is 0.0774. The van der Waals surface area contributed by atoms with Crippen molar-refractivity contribution < 1.29 is 0 Å². The molecule has 1 rings (SSSR count). The van der Waals surface area contributed by atoms with E-state index in [4.69, 9.17) is 0 Å². The predicted molar refractivity (Wildman–Crippen MR) is 92.9 cm³/mol. The lowest BCUT2D eigenvalue weighted by Crippen LogP contribution is -2.36. The molecule has 0 amide bonds. The normalized spacial score (nSPS) is 13.7. The maximum atomic E-state index is 2.57. The van der Waals surface area contributed by atoms with Crippen LogP contribution in [0.5, 0.6) is 0 Å². The van der Waals surface area contributed by atoms with Crippen LogP contribution in [-0.2, 0) is 0 Å². The second-order valence-corrected chi connectivity index (χ2v) is 13.2. The highest BCUT2D eigenvalue weighted by atomic mass is 31.1. The monoisotopic (exact) mass is 293 g/mol. The van der Waals surface area contributed by atoms with E-state index in [1.807, 2.05) is 0 Å². The van der Waals surface area contributed by atoms with E-state index in [0.717, 1.165) is 0 Å². The van der Waals surface area contributed by atoms with Crippen LogP contribution >= 0.6 is 8.35 Å². The standard InChI is InChI=1S/C16H28NPSi/c1-13(2)17(14(3)4)18-16(19(5,6)7)15-11-9-8-10-12-15/h8-14H,1-7H3. The van der Waals surface area contributed by atoms with E-state index >= 15 is 0 Å². The highest BCUT2D eigenvalue weighted by Gasteiger charge is 2.24. The fraction of sp³-hybridized carbons (Fsp3) is 0.562. The molecule has 0 atom stereocenters. The third-order valence-electron chi connectivity index (χ3n) is 3.03. The summed E-state index contributed by atoms with van der Waals surface area (Å²) >= 11 is 0. The molecule has 0 aliphatic carbocycles. The minimum absolute atomic E-state index is 0.580. The lowest BCUT2D eigenvalue weighted by atomic mass is 10.2. The van der Waals surface area contributed by atoms with Crippen LogP contribution in [0.25, 0.3) is 0 Å². The molecule has 3 heteroatoms. The molecule has 0 aromatic heterocycles. The summed E-state index contributed by atoms with van der Waals surface area (Å²) in [5.74, 6) is 0. The molecule has 0 saturated carbocycles. The van der Waals surface area contributed by atoms with Gasteiger partial charge in [0.15, 0.2) is 0 Å². The Hall–Kier alpha value is -0.433. The van der Waals surface area contributed by atoms with Crippen LogP contribution in [-0.4, -0.2) is 29.7 Å². The number of nitrogens with zero attached hydrogens (tertiary/aromatic N) is 1. The van der Waals surface area contributed by atoms with E-state index < -0.39 is 8.07 Å². The Morgan fingerprint density at radius 2 is 1.42 bits per heavy atom. The van der Waals surface area contributed by atoms with Crippen LogP contribution in [0.3, 0.4) is 0 Å². The largest absolute Gasteiger partial charge is 0.252 e. The molecule has 0 spiro atoms. The maximum Gasteiger partial charge on any atom is 0.0855 e. The lowest BCUT2D eigenvalue weighted by Gasteiger charge is -2.30. The van der Waals surface area contributed by atoms with Crippen molar-refractivity contribution in [1.29, 1.82) is 0 Å². The summed E-state index contributed by atoms with van der Waals surface area (Å²) in [5, 5.41) is 0. The summed E-state index contributed by atoms with van der Waals surface area (Å²) in [4.78, 5) is 1.63. The lowest BCUT2D eigenvalue weighted by molar-refractivity contribution is 0.333. The Bertz CT molecular complexity index is 410. The molecular weight excluding hydrogens is 265 g/mol. The quantitative estimate of drug-likeness (QED) is 0.541. The summed E-state index contributed by atoms with van der Waals surface area (Å²) in [6.45, 7) is 16.5. The van der Waals surface area contributed by atoms with Gasteiger partial charge in [-0.05, 0) is 46.5 Å². The molecule has 19 heavy (non-hydrogen) atoms. The molecule has 0 saturated heterocycles. The van der Waals surface area contributed by atoms with Gasteiger partial charge in [0.25, 0.3) is 0 Å². The zero-order valence-electron chi connectivity index (χ0n) is 13.4. The van der Waals surface area contributed by atoms with Crippen molar-refractivity contribution in [3.8, 4) is 0 Å². The second-order valence-electron chi connectivity index (χ2n) is 6.63. The van der Waals surface area contributed by atoms with Crippen LogP contribution in [0.1, 0.15) is 33.3 Å². The minimum atomic E-state index is -1.32. The molecule has 0 N–H and O–H groups in total. The Morgan fingerprint density at radius 1 is 0.947 bits per heavy atom. The number of hydrogen-bond donors (Lipinski definition) is 0. The molecule has 0 heterocycles. The Labute approximate surface area is 121 Å². The van der Waals surface area contributed by atoms with Gasteiger partial charge in [-0.2, -0.15) is 0 Å². The average Bonchev–Trinajstić information content (AvgIpc) is 2.28. The summed E-state index contributed by atoms with van der Waals surface area (Å²) in [6, 6.07) is 12.1. The molecule has 0 bridgehead atoms. The van der Waals surface area contributed by atoms with E-state index in [2.05, 4.69) is 82.3 Å². The first-order valence-electron chi connectivity index (χ1n) is 7.16. The molecule has 0 fully saturated rings. The van der Waals surface area contributed by atoms with E-state index in [-0.39, 0.29) is 0 Å². The Balaban J connectivity index is 3.25. The van der Waals surface area contributed by atoms with Crippen LogP contribution in [0.2, 0.25) is 19.6 Å². The molecule has 0 radical (unpaired) electrons. The topological polar surface area (TPSA) is 3.24 Å². The van der Waals surface area contributed by atoms with E-state index in [1.54, 1.807) is 4.92 Å². The summed E-state index contributed by atoms with van der Waals surface area (Å²) in [5.41, 5.74) is 1.43. The van der Waals surface area contributed by atoms with Crippen molar-refractivity contribution >= 4 is 21.3 Å². The van der Waals surface area contributed by atoms with Crippen LogP contribution < -0.4 is 0 Å². The van der Waals surface area contributed by atoms with Gasteiger partial charge in [0.1, 0.15) is 0 Å². The number of benzene rings is 1. The van der Waals surface area contributed by atoms with Gasteiger partial charge in [-0.1, -0.05) is 50.0 Å². The smallest absolute Gasteiger partial charge is 0.0855 e. The molecule has 106 valence electrons. The van der Waals surface area contributed by atoms with E-state index in [9.17, 15) is 0 Å². The number of hydrogen-bond acceptors (Lipinski definition) is 1. The predicted octanol–water partition coefficient (Wildman–Crippen LogP) is 5.06. The van der Waals surface area contributed by atoms with Gasteiger partial charge in [-0.25, -0.2) is 0 Å². The van der Waals surface area contributed by atoms with Crippen molar-refractivity contribution in [1.82, 2.24) is 4.67 Å². The van der Waals surface area contributed by atoms with Crippen LogP contribution in [0, 0.1) is 0 Å². The Kier molecular flexibility index (Phi) is 5.98. The second kappa shape index (κ2) is 6.83. The highest BCUT2D eigenvalue weighted by molar-refractivity contribution is 7.50. The van der Waals surface area contributed by atoms with Crippen molar-refractivity contribution in [2.45, 2.75) is 59.4 Å². The molecule has 1 nitrogen and oxygen atoms in total. The van der Waals surface area contributed by atoms with Gasteiger partial charge in [-0.3, -0.25) is 4.67 Å². The molecule has 1 aromatic carbocycles. The first-order chi connectivity index (χ1) is 8.73. The minimum Gasteiger partial charge on any atom is -0.252 e. The van der Waals surface area contributed by atoms with E-state index in [1.165, 1.54) is 13.9 Å². The van der Waals surface area contributed by atoms with Gasteiger partial charge in [0.2, 0.25) is 0 Å². The highest BCUT2D eigenvalue weighted by Crippen LogP contribution is 2.26. The molecular formula is C16H28NPSi. The number of rotatable bonds is 5. The SMILES string of the molecule is CC(C)N(P=C(c1ccccc1)[Si](C)(C)C)C(C)C. The van der Waals surface area contributed by atoms with Crippen molar-refractivity contribution in [2.24, 2.45) is 0 Å². The zero-order valence-corrected chi connectivity index (χ0v) is 15.3. The molecule has 0 unspecified atom stereocenters. The van der Waals surface area contributed by atoms with E-state index in [0.29, 0.717) is 12.1 Å². The fourth-order valence-corrected chi connectivity index (χ4v) is 5.72. The van der Waals surface area contributed by atoms with Gasteiger partial charge >= 0.3 is 0 Å². The van der Waals surface area contributed by atoms with Crippen LogP contribution in [0.4, 0.5) is 0 Å². The van der Waals surface area contributed by atoms with Gasteiger partial charge in [-0.15, -0.1) is 0 Å².